The van der Waals surface area contributed by atoms with E-state index in [0.29, 0.717) is 16.3 Å². The number of ether oxygens (including phenoxy) is 1. The number of halogens is 1. The Kier molecular flexibility index (Phi) is 6.42. The Morgan fingerprint density at radius 2 is 1.92 bits per heavy atom. The monoisotopic (exact) mass is 360 g/mol. The minimum atomic E-state index is -0.387. The Morgan fingerprint density at radius 1 is 1.20 bits per heavy atom. The minimum Gasteiger partial charge on any atom is -0.496 e. The van der Waals surface area contributed by atoms with Crippen molar-refractivity contribution in [2.45, 2.75) is 19.9 Å². The number of benzene rings is 2. The summed E-state index contributed by atoms with van der Waals surface area (Å²) in [4.78, 5) is 24.2. The molecule has 0 aliphatic carbocycles. The predicted molar refractivity (Wildman–Crippen MR) is 98.1 cm³/mol. The summed E-state index contributed by atoms with van der Waals surface area (Å²) in [5.41, 5.74) is 2.29. The lowest BCUT2D eigenvalue weighted by molar-refractivity contribution is -0.120. The van der Waals surface area contributed by atoms with E-state index >= 15 is 0 Å². The van der Waals surface area contributed by atoms with Crippen molar-refractivity contribution in [3.8, 4) is 5.75 Å². The molecule has 2 aromatic carbocycles. The molecule has 1 atom stereocenters. The molecule has 0 bridgehead atoms. The Hall–Kier alpha value is -2.53. The van der Waals surface area contributed by atoms with Crippen LogP contribution in [0.1, 0.15) is 34.5 Å². The molecule has 25 heavy (non-hydrogen) atoms. The highest BCUT2D eigenvalue weighted by molar-refractivity contribution is 6.33. The molecule has 6 heteroatoms. The first-order valence-corrected chi connectivity index (χ1v) is 8.26. The standard InChI is InChI=1S/C19H21ClN2O3/c1-12-8-9-17(25-3)15(10-12)13(2)22-18(23)11-21-19(24)14-6-4-5-7-16(14)20/h4-10,13H,11H2,1-3H3,(H,21,24)(H,22,23)/t13-/m0/s1. The van der Waals surface area contributed by atoms with Gasteiger partial charge in [-0.1, -0.05) is 41.4 Å². The van der Waals surface area contributed by atoms with Gasteiger partial charge in [0.2, 0.25) is 5.91 Å². The molecule has 0 radical (unpaired) electrons. The van der Waals surface area contributed by atoms with Crippen molar-refractivity contribution in [2.75, 3.05) is 13.7 Å². The van der Waals surface area contributed by atoms with Crippen molar-refractivity contribution in [2.24, 2.45) is 0 Å². The molecule has 2 amide bonds. The van der Waals surface area contributed by atoms with E-state index in [9.17, 15) is 9.59 Å². The normalized spacial score (nSPS) is 11.5. The summed E-state index contributed by atoms with van der Waals surface area (Å²) in [5.74, 6) is 0.0245. The number of carbonyl (C=O) groups excluding carboxylic acids is 2. The largest absolute Gasteiger partial charge is 0.496 e. The second-order valence-electron chi connectivity index (χ2n) is 5.70. The maximum absolute atomic E-state index is 12.1. The maximum Gasteiger partial charge on any atom is 0.253 e. The van der Waals surface area contributed by atoms with Crippen LogP contribution < -0.4 is 15.4 Å². The van der Waals surface area contributed by atoms with Gasteiger partial charge in [-0.2, -0.15) is 0 Å². The van der Waals surface area contributed by atoms with Gasteiger partial charge in [0.05, 0.1) is 30.3 Å². The summed E-state index contributed by atoms with van der Waals surface area (Å²) in [6.07, 6.45) is 0. The van der Waals surface area contributed by atoms with Crippen LogP contribution in [0.3, 0.4) is 0 Å². The summed E-state index contributed by atoms with van der Waals surface area (Å²) >= 11 is 5.97. The highest BCUT2D eigenvalue weighted by atomic mass is 35.5. The number of carbonyl (C=O) groups is 2. The van der Waals surface area contributed by atoms with Gasteiger partial charge in [-0.15, -0.1) is 0 Å². The van der Waals surface area contributed by atoms with E-state index in [1.807, 2.05) is 32.0 Å². The molecule has 0 aliphatic heterocycles. The highest BCUT2D eigenvalue weighted by Crippen LogP contribution is 2.25. The Bertz CT molecular complexity index is 777. The van der Waals surface area contributed by atoms with Crippen LogP contribution in [0.2, 0.25) is 5.02 Å². The zero-order chi connectivity index (χ0) is 18.4. The van der Waals surface area contributed by atoms with Crippen LogP contribution in [0.4, 0.5) is 0 Å². The van der Waals surface area contributed by atoms with Gasteiger partial charge < -0.3 is 15.4 Å². The fourth-order valence-corrected chi connectivity index (χ4v) is 2.69. The van der Waals surface area contributed by atoms with Crippen molar-refractivity contribution < 1.29 is 14.3 Å². The number of aryl methyl sites for hydroxylation is 1. The second-order valence-corrected chi connectivity index (χ2v) is 6.10. The average Bonchev–Trinajstić information content (AvgIpc) is 2.60. The lowest BCUT2D eigenvalue weighted by Crippen LogP contribution is -2.38. The molecule has 5 nitrogen and oxygen atoms in total. The molecular weight excluding hydrogens is 340 g/mol. The maximum atomic E-state index is 12.1. The van der Waals surface area contributed by atoms with E-state index in [4.69, 9.17) is 16.3 Å². The molecule has 0 spiro atoms. The van der Waals surface area contributed by atoms with E-state index in [2.05, 4.69) is 10.6 Å². The van der Waals surface area contributed by atoms with Crippen LogP contribution in [-0.4, -0.2) is 25.5 Å². The molecule has 0 saturated carbocycles. The summed E-state index contributed by atoms with van der Waals surface area (Å²) in [5, 5.41) is 5.77. The molecule has 0 aromatic heterocycles. The summed E-state index contributed by atoms with van der Waals surface area (Å²) in [6.45, 7) is 3.70. The van der Waals surface area contributed by atoms with E-state index < -0.39 is 0 Å². The van der Waals surface area contributed by atoms with Gasteiger partial charge in [-0.05, 0) is 32.0 Å². The molecule has 0 fully saturated rings. The van der Waals surface area contributed by atoms with Gasteiger partial charge in [0.1, 0.15) is 5.75 Å². The van der Waals surface area contributed by atoms with E-state index in [-0.39, 0.29) is 24.4 Å². The van der Waals surface area contributed by atoms with E-state index in [1.165, 1.54) is 0 Å². The Balaban J connectivity index is 1.95. The fraction of sp³-hybridized carbons (Fsp3) is 0.263. The van der Waals surface area contributed by atoms with Crippen LogP contribution in [0.25, 0.3) is 0 Å². The molecular formula is C19H21ClN2O3. The first-order valence-electron chi connectivity index (χ1n) is 7.89. The second kappa shape index (κ2) is 8.53. The molecule has 0 saturated heterocycles. The van der Waals surface area contributed by atoms with Crippen molar-refractivity contribution in [1.82, 2.24) is 10.6 Å². The predicted octanol–water partition coefficient (Wildman–Crippen LogP) is 3.26. The number of hydrogen-bond donors (Lipinski definition) is 2. The third kappa shape index (κ3) is 4.97. The molecule has 132 valence electrons. The van der Waals surface area contributed by atoms with Gasteiger partial charge in [0, 0.05) is 5.56 Å². The van der Waals surface area contributed by atoms with Crippen LogP contribution in [0.15, 0.2) is 42.5 Å². The van der Waals surface area contributed by atoms with Crippen molar-refractivity contribution in [1.29, 1.82) is 0 Å². The lowest BCUT2D eigenvalue weighted by Gasteiger charge is -2.18. The van der Waals surface area contributed by atoms with Crippen molar-refractivity contribution >= 4 is 23.4 Å². The number of amides is 2. The number of rotatable bonds is 6. The van der Waals surface area contributed by atoms with Gasteiger partial charge in [0.15, 0.2) is 0 Å². The third-order valence-corrected chi connectivity index (χ3v) is 4.09. The zero-order valence-corrected chi connectivity index (χ0v) is 15.2. The van der Waals surface area contributed by atoms with Crippen molar-refractivity contribution in [3.05, 3.63) is 64.2 Å². The van der Waals surface area contributed by atoms with Gasteiger partial charge >= 0.3 is 0 Å². The van der Waals surface area contributed by atoms with Crippen LogP contribution in [0.5, 0.6) is 5.75 Å². The Labute approximate surface area is 152 Å². The van der Waals surface area contributed by atoms with Gasteiger partial charge in [-0.3, -0.25) is 9.59 Å². The first kappa shape index (κ1) is 18.8. The van der Waals surface area contributed by atoms with Gasteiger partial charge in [0.25, 0.3) is 5.91 Å². The van der Waals surface area contributed by atoms with E-state index in [1.54, 1.807) is 31.4 Å². The molecule has 2 aromatic rings. The number of nitrogens with one attached hydrogen (secondary N) is 2. The molecule has 0 aliphatic rings. The number of hydrogen-bond acceptors (Lipinski definition) is 3. The third-order valence-electron chi connectivity index (χ3n) is 3.76. The molecule has 0 unspecified atom stereocenters. The van der Waals surface area contributed by atoms with Gasteiger partial charge in [-0.25, -0.2) is 0 Å². The molecule has 2 rings (SSSR count). The topological polar surface area (TPSA) is 67.4 Å². The quantitative estimate of drug-likeness (QED) is 0.830. The average molecular weight is 361 g/mol. The lowest BCUT2D eigenvalue weighted by atomic mass is 10.0. The fourth-order valence-electron chi connectivity index (χ4n) is 2.46. The minimum absolute atomic E-state index is 0.136. The SMILES string of the molecule is COc1ccc(C)cc1[C@H](C)NC(=O)CNC(=O)c1ccccc1Cl. The number of methoxy groups -OCH3 is 1. The summed E-state index contributed by atoms with van der Waals surface area (Å²) < 4.78 is 5.34. The molecule has 0 heterocycles. The van der Waals surface area contributed by atoms with Crippen LogP contribution in [-0.2, 0) is 4.79 Å². The van der Waals surface area contributed by atoms with Crippen LogP contribution in [0, 0.1) is 6.92 Å². The smallest absolute Gasteiger partial charge is 0.253 e. The summed E-state index contributed by atoms with van der Waals surface area (Å²) in [6, 6.07) is 12.2. The summed E-state index contributed by atoms with van der Waals surface area (Å²) in [7, 11) is 1.59. The first-order chi connectivity index (χ1) is 11.9. The molecule has 2 N–H and O–H groups in total. The van der Waals surface area contributed by atoms with E-state index in [0.717, 1.165) is 11.1 Å². The zero-order valence-electron chi connectivity index (χ0n) is 14.4. The highest BCUT2D eigenvalue weighted by Gasteiger charge is 2.16. The van der Waals surface area contributed by atoms with Crippen LogP contribution >= 0.6 is 11.6 Å². The Morgan fingerprint density at radius 3 is 2.60 bits per heavy atom. The van der Waals surface area contributed by atoms with Crippen molar-refractivity contribution in [3.63, 3.8) is 0 Å².